The van der Waals surface area contributed by atoms with Crippen LogP contribution in [0.3, 0.4) is 0 Å². The first-order valence-electron chi connectivity index (χ1n) is 19.4. The molecule has 57 heavy (non-hydrogen) atoms. The predicted octanol–water partition coefficient (Wildman–Crippen LogP) is 14.2. The molecule has 5 heteroatoms. The molecule has 0 amide bonds. The Balaban J connectivity index is 1.31. The van der Waals surface area contributed by atoms with Crippen molar-refractivity contribution in [1.29, 1.82) is 0 Å². The fourth-order valence-corrected chi connectivity index (χ4v) is 11.4. The fourth-order valence-electron chi connectivity index (χ4n) is 10.0. The zero-order valence-electron chi connectivity index (χ0n) is 30.4. The van der Waals surface area contributed by atoms with Crippen LogP contribution >= 0.6 is 11.3 Å². The van der Waals surface area contributed by atoms with Crippen molar-refractivity contribution < 1.29 is 0 Å². The molecule has 0 atom stereocenters. The maximum Gasteiger partial charge on any atom is 0.165 e. The van der Waals surface area contributed by atoms with Crippen LogP contribution in [0.25, 0.3) is 130 Å². The average molecular weight is 741 g/mol. The van der Waals surface area contributed by atoms with Crippen molar-refractivity contribution in [2.24, 2.45) is 0 Å². The van der Waals surface area contributed by atoms with Gasteiger partial charge in [0.15, 0.2) is 5.82 Å². The Morgan fingerprint density at radius 1 is 0.404 bits per heavy atom. The van der Waals surface area contributed by atoms with Crippen LogP contribution in [-0.2, 0) is 0 Å². The number of hydrogen-bond donors (Lipinski definition) is 0. The number of para-hydroxylation sites is 2. The van der Waals surface area contributed by atoms with Crippen molar-refractivity contribution in [2.75, 3.05) is 0 Å². The SMILES string of the molecule is c1ccc(-c2nc3ccc4ccccc4c3nc2-n2c3cccc4c5cccc6c7ccccc7n(c7cc8c9ccc%10ccccc%10c9sc8c2c7c43)c56)cc1. The number of fused-ring (bicyclic) bond motifs is 14. The number of nitrogens with zero attached hydrogens (tertiary/aromatic N) is 4. The van der Waals surface area contributed by atoms with Crippen LogP contribution in [0.2, 0.25) is 0 Å². The maximum atomic E-state index is 5.76. The highest BCUT2D eigenvalue weighted by Crippen LogP contribution is 2.50. The van der Waals surface area contributed by atoms with Crippen LogP contribution in [0.4, 0.5) is 0 Å². The van der Waals surface area contributed by atoms with Gasteiger partial charge in [-0.3, -0.25) is 4.57 Å². The van der Waals surface area contributed by atoms with Crippen molar-refractivity contribution in [3.05, 3.63) is 170 Å². The van der Waals surface area contributed by atoms with Crippen molar-refractivity contribution >= 4 is 124 Å². The first-order valence-corrected chi connectivity index (χ1v) is 20.2. The number of aromatic nitrogens is 4. The predicted molar refractivity (Wildman–Crippen MR) is 242 cm³/mol. The van der Waals surface area contributed by atoms with Crippen LogP contribution in [0.5, 0.6) is 0 Å². The average Bonchev–Trinajstić information content (AvgIpc) is 3.91. The topological polar surface area (TPSA) is 35.1 Å². The molecule has 0 spiro atoms. The van der Waals surface area contributed by atoms with E-state index in [9.17, 15) is 0 Å². The molecule has 0 saturated carbocycles. The van der Waals surface area contributed by atoms with Gasteiger partial charge in [0.25, 0.3) is 0 Å². The van der Waals surface area contributed by atoms with E-state index in [4.69, 9.17) is 9.97 Å². The third-order valence-electron chi connectivity index (χ3n) is 12.4. The van der Waals surface area contributed by atoms with E-state index < -0.39 is 0 Å². The van der Waals surface area contributed by atoms with Crippen LogP contribution in [0, 0.1) is 0 Å². The van der Waals surface area contributed by atoms with Crippen LogP contribution in [0.1, 0.15) is 0 Å². The van der Waals surface area contributed by atoms with E-state index in [-0.39, 0.29) is 0 Å². The van der Waals surface area contributed by atoms with Crippen molar-refractivity contribution in [3.8, 4) is 17.1 Å². The largest absolute Gasteiger partial charge is 0.308 e. The quantitative estimate of drug-likeness (QED) is 0.165. The molecule has 5 aromatic heterocycles. The molecule has 0 aliphatic heterocycles. The second-order valence-corrected chi connectivity index (χ2v) is 16.3. The molecule has 0 N–H and O–H groups in total. The lowest BCUT2D eigenvalue weighted by molar-refractivity contribution is 1.09. The Bertz CT molecular complexity index is 4040. The van der Waals surface area contributed by atoms with Gasteiger partial charge < -0.3 is 4.40 Å². The Kier molecular flexibility index (Phi) is 5.62. The maximum absolute atomic E-state index is 5.76. The summed E-state index contributed by atoms with van der Waals surface area (Å²) in [5.74, 6) is 0.833. The normalized spacial score (nSPS) is 12.6. The minimum atomic E-state index is 0.833. The highest BCUT2D eigenvalue weighted by molar-refractivity contribution is 7.27. The number of thiophene rings is 1. The van der Waals surface area contributed by atoms with E-state index in [2.05, 4.69) is 179 Å². The number of rotatable bonds is 2. The van der Waals surface area contributed by atoms with E-state index in [1.165, 1.54) is 85.3 Å². The summed E-state index contributed by atoms with van der Waals surface area (Å²) in [7, 11) is 0. The first-order chi connectivity index (χ1) is 28.3. The summed E-state index contributed by atoms with van der Waals surface area (Å²) in [6.45, 7) is 0. The summed E-state index contributed by atoms with van der Waals surface area (Å²) in [4.78, 5) is 11.3. The second-order valence-electron chi connectivity index (χ2n) is 15.3. The Hall–Kier alpha value is -7.34. The van der Waals surface area contributed by atoms with Gasteiger partial charge in [0.1, 0.15) is 5.69 Å². The lowest BCUT2D eigenvalue weighted by Gasteiger charge is -2.15. The molecule has 9 aromatic carbocycles. The molecule has 0 aliphatic rings. The van der Waals surface area contributed by atoms with Crippen LogP contribution < -0.4 is 0 Å². The molecule has 4 nitrogen and oxygen atoms in total. The van der Waals surface area contributed by atoms with Gasteiger partial charge in [-0.2, -0.15) is 0 Å². The molecular weight excluding hydrogens is 713 g/mol. The second kappa shape index (κ2) is 10.7. The molecule has 262 valence electrons. The van der Waals surface area contributed by atoms with E-state index in [0.29, 0.717) is 0 Å². The molecule has 0 aliphatic carbocycles. The lowest BCUT2D eigenvalue weighted by atomic mass is 10.0. The minimum Gasteiger partial charge on any atom is -0.308 e. The van der Waals surface area contributed by atoms with Gasteiger partial charge in [-0.1, -0.05) is 146 Å². The summed E-state index contributed by atoms with van der Waals surface area (Å²) in [6, 6.07) is 61.8. The third-order valence-corrected chi connectivity index (χ3v) is 13.7. The Morgan fingerprint density at radius 3 is 1.95 bits per heavy atom. The van der Waals surface area contributed by atoms with Crippen LogP contribution in [0.15, 0.2) is 170 Å². The lowest BCUT2D eigenvalue weighted by Crippen LogP contribution is -2.04. The smallest absolute Gasteiger partial charge is 0.165 e. The van der Waals surface area contributed by atoms with Gasteiger partial charge in [-0.15, -0.1) is 11.3 Å². The highest BCUT2D eigenvalue weighted by atomic mass is 32.1. The van der Waals surface area contributed by atoms with E-state index >= 15 is 0 Å². The number of benzene rings is 9. The van der Waals surface area contributed by atoms with Crippen molar-refractivity contribution in [2.45, 2.75) is 0 Å². The first kappa shape index (κ1) is 29.9. The van der Waals surface area contributed by atoms with Gasteiger partial charge in [0, 0.05) is 53.4 Å². The Morgan fingerprint density at radius 2 is 1.07 bits per heavy atom. The highest BCUT2D eigenvalue weighted by Gasteiger charge is 2.28. The summed E-state index contributed by atoms with van der Waals surface area (Å²) >= 11 is 1.90. The third kappa shape index (κ3) is 3.77. The summed E-state index contributed by atoms with van der Waals surface area (Å²) in [5.41, 5.74) is 9.62. The molecule has 0 fully saturated rings. The zero-order chi connectivity index (χ0) is 36.9. The van der Waals surface area contributed by atoms with Gasteiger partial charge in [0.2, 0.25) is 0 Å². The van der Waals surface area contributed by atoms with Gasteiger partial charge in [-0.05, 0) is 45.8 Å². The van der Waals surface area contributed by atoms with Crippen LogP contribution in [-0.4, -0.2) is 18.9 Å². The molecule has 14 aromatic rings. The Labute approximate surface area is 328 Å². The van der Waals surface area contributed by atoms with E-state index in [1.54, 1.807) is 0 Å². The summed E-state index contributed by atoms with van der Waals surface area (Å²) in [6.07, 6.45) is 0. The molecule has 0 radical (unpaired) electrons. The van der Waals surface area contributed by atoms with E-state index in [0.717, 1.165) is 44.4 Å². The minimum absolute atomic E-state index is 0.833. The van der Waals surface area contributed by atoms with Gasteiger partial charge >= 0.3 is 0 Å². The fraction of sp³-hybridized carbons (Fsp3) is 0. The summed E-state index contributed by atoms with van der Waals surface area (Å²) in [5, 5.41) is 14.8. The zero-order valence-corrected chi connectivity index (χ0v) is 31.2. The molecular formula is C52H28N4S. The molecule has 5 heterocycles. The van der Waals surface area contributed by atoms with Gasteiger partial charge in [-0.25, -0.2) is 9.97 Å². The van der Waals surface area contributed by atoms with E-state index in [1.807, 2.05) is 11.3 Å². The molecule has 0 unspecified atom stereocenters. The van der Waals surface area contributed by atoms with Crippen molar-refractivity contribution in [1.82, 2.24) is 18.9 Å². The monoisotopic (exact) mass is 740 g/mol. The van der Waals surface area contributed by atoms with Gasteiger partial charge in [0.05, 0.1) is 43.3 Å². The van der Waals surface area contributed by atoms with Crippen molar-refractivity contribution in [3.63, 3.8) is 0 Å². The molecule has 14 rings (SSSR count). The summed E-state index contributed by atoms with van der Waals surface area (Å²) < 4.78 is 7.57. The number of hydrogen-bond acceptors (Lipinski definition) is 3. The standard InChI is InChI=1S/C52H28N4S/c1-2-14-31(15-3-1)46-52(54-47-32-16-6-4-12-29(32)25-27-40(47)53-46)56-42-23-11-19-35-37-21-10-20-36-34-18-8-9-22-41(34)55(48(36)37)43-28-39-38-26-24-30-13-5-7-17-33(30)50(38)57-51(39)49(56)45(43)44(35)42/h1-28H. The molecule has 0 bridgehead atoms. The molecule has 0 saturated heterocycles.